The SMILES string of the molecule is OCCC#Cc1cccc(Cn2cccn2)c1. The summed E-state index contributed by atoms with van der Waals surface area (Å²) in [5.41, 5.74) is 2.15. The molecule has 0 aliphatic heterocycles. The predicted octanol–water partition coefficient (Wildman–Crippen LogP) is 1.67. The van der Waals surface area contributed by atoms with E-state index >= 15 is 0 Å². The zero-order valence-corrected chi connectivity index (χ0v) is 9.50. The maximum Gasteiger partial charge on any atom is 0.0659 e. The molecule has 0 saturated carbocycles. The molecule has 1 N–H and O–H groups in total. The van der Waals surface area contributed by atoms with Gasteiger partial charge in [-0.25, -0.2) is 0 Å². The molecule has 3 heteroatoms. The summed E-state index contributed by atoms with van der Waals surface area (Å²) in [7, 11) is 0. The van der Waals surface area contributed by atoms with Gasteiger partial charge in [0.2, 0.25) is 0 Å². The molecule has 86 valence electrons. The van der Waals surface area contributed by atoms with Gasteiger partial charge in [0.05, 0.1) is 13.2 Å². The summed E-state index contributed by atoms with van der Waals surface area (Å²) >= 11 is 0. The van der Waals surface area contributed by atoms with Crippen LogP contribution in [0.25, 0.3) is 0 Å². The van der Waals surface area contributed by atoms with E-state index in [-0.39, 0.29) is 6.61 Å². The fourth-order valence-electron chi connectivity index (χ4n) is 1.55. The van der Waals surface area contributed by atoms with Crippen molar-refractivity contribution in [3.63, 3.8) is 0 Å². The van der Waals surface area contributed by atoms with Crippen LogP contribution in [0.4, 0.5) is 0 Å². The number of aliphatic hydroxyl groups excluding tert-OH is 1. The molecule has 0 bridgehead atoms. The van der Waals surface area contributed by atoms with Crippen LogP contribution in [0.5, 0.6) is 0 Å². The Morgan fingerprint density at radius 2 is 2.24 bits per heavy atom. The van der Waals surface area contributed by atoms with Crippen molar-refractivity contribution >= 4 is 0 Å². The van der Waals surface area contributed by atoms with Gasteiger partial charge in [0.15, 0.2) is 0 Å². The first-order chi connectivity index (χ1) is 8.38. The lowest BCUT2D eigenvalue weighted by Gasteiger charge is -2.02. The lowest BCUT2D eigenvalue weighted by atomic mass is 10.1. The van der Waals surface area contributed by atoms with Gasteiger partial charge < -0.3 is 5.11 Å². The molecule has 0 unspecified atom stereocenters. The molecule has 0 fully saturated rings. The van der Waals surface area contributed by atoms with Crippen molar-refractivity contribution in [2.75, 3.05) is 6.61 Å². The van der Waals surface area contributed by atoms with Crippen LogP contribution in [0.2, 0.25) is 0 Å². The Labute approximate surface area is 101 Å². The van der Waals surface area contributed by atoms with E-state index in [0.29, 0.717) is 6.42 Å². The monoisotopic (exact) mass is 226 g/mol. The van der Waals surface area contributed by atoms with Gasteiger partial charge in [-0.2, -0.15) is 5.10 Å². The molecule has 1 aromatic carbocycles. The first-order valence-corrected chi connectivity index (χ1v) is 5.54. The van der Waals surface area contributed by atoms with E-state index in [0.717, 1.165) is 12.1 Å². The highest BCUT2D eigenvalue weighted by molar-refractivity contribution is 5.37. The third-order valence-electron chi connectivity index (χ3n) is 2.30. The summed E-state index contributed by atoms with van der Waals surface area (Å²) in [6.45, 7) is 0.864. The number of hydrogen-bond donors (Lipinski definition) is 1. The lowest BCUT2D eigenvalue weighted by molar-refractivity contribution is 0.305. The van der Waals surface area contributed by atoms with Gasteiger partial charge in [-0.05, 0) is 23.8 Å². The average Bonchev–Trinajstić information content (AvgIpc) is 2.83. The van der Waals surface area contributed by atoms with Crippen molar-refractivity contribution in [1.82, 2.24) is 9.78 Å². The Balaban J connectivity index is 2.09. The van der Waals surface area contributed by atoms with Crippen LogP contribution in [0.3, 0.4) is 0 Å². The highest BCUT2D eigenvalue weighted by atomic mass is 16.2. The number of nitrogens with zero attached hydrogens (tertiary/aromatic N) is 2. The Hall–Kier alpha value is -2.05. The van der Waals surface area contributed by atoms with Gasteiger partial charge in [0, 0.05) is 24.4 Å². The Morgan fingerprint density at radius 3 is 3.00 bits per heavy atom. The Morgan fingerprint density at radius 1 is 1.29 bits per heavy atom. The maximum atomic E-state index is 8.66. The van der Waals surface area contributed by atoms with Crippen LogP contribution in [0.1, 0.15) is 17.5 Å². The highest BCUT2D eigenvalue weighted by Crippen LogP contribution is 2.05. The molecule has 0 saturated heterocycles. The van der Waals surface area contributed by atoms with Crippen molar-refractivity contribution in [3.8, 4) is 11.8 Å². The lowest BCUT2D eigenvalue weighted by Crippen LogP contribution is -1.99. The molecule has 2 aromatic rings. The number of hydrogen-bond acceptors (Lipinski definition) is 2. The molecule has 0 atom stereocenters. The molecule has 1 heterocycles. The van der Waals surface area contributed by atoms with Gasteiger partial charge in [-0.15, -0.1) is 0 Å². The third kappa shape index (κ3) is 3.47. The Kier molecular flexibility index (Phi) is 3.95. The topological polar surface area (TPSA) is 38.0 Å². The molecule has 1 aromatic heterocycles. The summed E-state index contributed by atoms with van der Waals surface area (Å²) in [6, 6.07) is 9.97. The second-order valence-electron chi connectivity index (χ2n) is 3.68. The number of rotatable bonds is 3. The van der Waals surface area contributed by atoms with Gasteiger partial charge in [0.1, 0.15) is 0 Å². The standard InChI is InChI=1S/C14H14N2O/c17-10-2-1-5-13-6-3-7-14(11-13)12-16-9-4-8-15-16/h3-4,6-9,11,17H,2,10,12H2. The molecular formula is C14H14N2O. The largest absolute Gasteiger partial charge is 0.395 e. The second kappa shape index (κ2) is 5.88. The average molecular weight is 226 g/mol. The van der Waals surface area contributed by atoms with Crippen LogP contribution in [-0.4, -0.2) is 21.5 Å². The Bertz CT molecular complexity index is 521. The van der Waals surface area contributed by atoms with Gasteiger partial charge in [-0.1, -0.05) is 24.0 Å². The van der Waals surface area contributed by atoms with Crippen LogP contribution in [0, 0.1) is 11.8 Å². The number of benzene rings is 1. The molecule has 2 rings (SSSR count). The van der Waals surface area contributed by atoms with Crippen molar-refractivity contribution in [1.29, 1.82) is 0 Å². The first kappa shape index (κ1) is 11.4. The molecule has 0 aliphatic carbocycles. The van der Waals surface area contributed by atoms with Crippen molar-refractivity contribution in [2.24, 2.45) is 0 Å². The molecule has 0 aliphatic rings. The minimum atomic E-state index is 0.111. The quantitative estimate of drug-likeness (QED) is 0.808. The normalized spacial score (nSPS) is 9.71. The summed E-state index contributed by atoms with van der Waals surface area (Å²) in [4.78, 5) is 0. The number of aromatic nitrogens is 2. The third-order valence-corrected chi connectivity index (χ3v) is 2.30. The van der Waals surface area contributed by atoms with Gasteiger partial charge >= 0.3 is 0 Å². The van der Waals surface area contributed by atoms with E-state index in [1.165, 1.54) is 5.56 Å². The van der Waals surface area contributed by atoms with Crippen molar-refractivity contribution in [3.05, 3.63) is 53.9 Å². The maximum absolute atomic E-state index is 8.66. The van der Waals surface area contributed by atoms with Crippen LogP contribution < -0.4 is 0 Å². The van der Waals surface area contributed by atoms with E-state index in [1.54, 1.807) is 6.20 Å². The van der Waals surface area contributed by atoms with E-state index in [9.17, 15) is 0 Å². The van der Waals surface area contributed by atoms with E-state index in [4.69, 9.17) is 5.11 Å². The van der Waals surface area contributed by atoms with Crippen molar-refractivity contribution < 1.29 is 5.11 Å². The minimum Gasteiger partial charge on any atom is -0.395 e. The van der Waals surface area contributed by atoms with Crippen LogP contribution in [-0.2, 0) is 6.54 Å². The van der Waals surface area contributed by atoms with Gasteiger partial charge in [0.25, 0.3) is 0 Å². The summed E-state index contributed by atoms with van der Waals surface area (Å²) in [6.07, 6.45) is 4.22. The fraction of sp³-hybridized carbons (Fsp3) is 0.214. The first-order valence-electron chi connectivity index (χ1n) is 5.54. The van der Waals surface area contributed by atoms with E-state index < -0.39 is 0 Å². The van der Waals surface area contributed by atoms with Gasteiger partial charge in [-0.3, -0.25) is 4.68 Å². The smallest absolute Gasteiger partial charge is 0.0659 e. The van der Waals surface area contributed by atoms with E-state index in [2.05, 4.69) is 23.0 Å². The minimum absolute atomic E-state index is 0.111. The van der Waals surface area contributed by atoms with Crippen LogP contribution in [0.15, 0.2) is 42.7 Å². The summed E-state index contributed by atoms with van der Waals surface area (Å²) < 4.78 is 1.88. The predicted molar refractivity (Wildman–Crippen MR) is 66.4 cm³/mol. The molecule has 17 heavy (non-hydrogen) atoms. The molecule has 3 nitrogen and oxygen atoms in total. The zero-order valence-electron chi connectivity index (χ0n) is 9.50. The zero-order chi connectivity index (χ0) is 11.9. The molecule has 0 spiro atoms. The number of aliphatic hydroxyl groups is 1. The second-order valence-corrected chi connectivity index (χ2v) is 3.68. The summed E-state index contributed by atoms with van der Waals surface area (Å²) in [5, 5.41) is 12.8. The van der Waals surface area contributed by atoms with Crippen molar-refractivity contribution in [2.45, 2.75) is 13.0 Å². The van der Waals surface area contributed by atoms with E-state index in [1.807, 2.05) is 35.1 Å². The van der Waals surface area contributed by atoms with Crippen LogP contribution >= 0.6 is 0 Å². The molecular weight excluding hydrogens is 212 g/mol. The highest BCUT2D eigenvalue weighted by Gasteiger charge is 1.95. The molecule has 0 radical (unpaired) electrons. The summed E-state index contributed by atoms with van der Waals surface area (Å²) in [5.74, 6) is 5.94. The fourth-order valence-corrected chi connectivity index (χ4v) is 1.55. The molecule has 0 amide bonds.